The first-order valence-electron chi connectivity index (χ1n) is 5.65. The molecular formula is C10H19N5. The van der Waals surface area contributed by atoms with Crippen molar-refractivity contribution in [3.05, 3.63) is 0 Å². The van der Waals surface area contributed by atoms with Gasteiger partial charge in [-0.25, -0.2) is 0 Å². The summed E-state index contributed by atoms with van der Waals surface area (Å²) in [6, 6.07) is 1.06. The van der Waals surface area contributed by atoms with E-state index in [9.17, 15) is 0 Å². The van der Waals surface area contributed by atoms with Gasteiger partial charge in [-0.05, 0) is 12.8 Å². The summed E-state index contributed by atoms with van der Waals surface area (Å²) in [6.45, 7) is 4.59. The van der Waals surface area contributed by atoms with Crippen LogP contribution in [0.3, 0.4) is 0 Å². The zero-order valence-corrected chi connectivity index (χ0v) is 9.02. The summed E-state index contributed by atoms with van der Waals surface area (Å²) in [5, 5.41) is 12.4. The number of nitriles is 1. The third-order valence-corrected chi connectivity index (χ3v) is 3.33. The summed E-state index contributed by atoms with van der Waals surface area (Å²) < 4.78 is 0. The third kappa shape index (κ3) is 2.59. The maximum absolute atomic E-state index is 8.75. The van der Waals surface area contributed by atoms with Crippen molar-refractivity contribution in [2.24, 2.45) is 5.73 Å². The topological polar surface area (TPSA) is 68.3 Å². The van der Waals surface area contributed by atoms with E-state index in [-0.39, 0.29) is 0 Å². The predicted octanol–water partition coefficient (Wildman–Crippen LogP) is -0.878. The second-order valence-electron chi connectivity index (χ2n) is 4.44. The molecule has 2 unspecified atom stereocenters. The molecule has 2 fully saturated rings. The highest BCUT2D eigenvalue weighted by atomic mass is 15.2. The molecule has 0 aromatic carbocycles. The molecule has 3 N–H and O–H groups in total. The number of nitrogens with one attached hydrogen (secondary N) is 1. The molecule has 2 aliphatic rings. The first-order valence-corrected chi connectivity index (χ1v) is 5.65. The van der Waals surface area contributed by atoms with Crippen molar-refractivity contribution in [3.63, 3.8) is 0 Å². The molecule has 15 heavy (non-hydrogen) atoms. The first kappa shape index (κ1) is 10.7. The number of likely N-dealkylation sites (tertiary alicyclic amines) is 2. The summed E-state index contributed by atoms with van der Waals surface area (Å²) in [4.78, 5) is 4.09. The van der Waals surface area contributed by atoms with Gasteiger partial charge >= 0.3 is 0 Å². The molecule has 2 heterocycles. The van der Waals surface area contributed by atoms with Crippen LogP contribution in [0.1, 0.15) is 12.8 Å². The molecule has 2 saturated heterocycles. The zero-order valence-electron chi connectivity index (χ0n) is 9.02. The van der Waals surface area contributed by atoms with Gasteiger partial charge in [0, 0.05) is 44.9 Å². The highest BCUT2D eigenvalue weighted by Gasteiger charge is 2.27. The number of rotatable bonds is 3. The maximum Gasteiger partial charge on any atom is 0.179 e. The molecule has 84 valence electrons. The van der Waals surface area contributed by atoms with Crippen LogP contribution in [-0.2, 0) is 0 Å². The summed E-state index contributed by atoms with van der Waals surface area (Å²) >= 11 is 0. The Morgan fingerprint density at radius 3 is 2.60 bits per heavy atom. The highest BCUT2D eigenvalue weighted by Crippen LogP contribution is 2.13. The van der Waals surface area contributed by atoms with Crippen LogP contribution in [0.2, 0.25) is 0 Å². The smallest absolute Gasteiger partial charge is 0.179 e. The van der Waals surface area contributed by atoms with Gasteiger partial charge in [-0.2, -0.15) is 5.26 Å². The zero-order chi connectivity index (χ0) is 10.7. The molecule has 0 radical (unpaired) electrons. The molecule has 2 aliphatic heterocycles. The summed E-state index contributed by atoms with van der Waals surface area (Å²) in [5.74, 6) is 0. The molecule has 0 amide bonds. The largest absolute Gasteiger partial charge is 0.318 e. The molecule has 5 nitrogen and oxygen atoms in total. The molecular weight excluding hydrogens is 190 g/mol. The van der Waals surface area contributed by atoms with Crippen molar-refractivity contribution < 1.29 is 0 Å². The highest BCUT2D eigenvalue weighted by molar-refractivity contribution is 4.91. The van der Waals surface area contributed by atoms with E-state index in [4.69, 9.17) is 11.0 Å². The fraction of sp³-hybridized carbons (Fsp3) is 0.900. The Hall–Kier alpha value is -0.830. The lowest BCUT2D eigenvalue weighted by Gasteiger charge is -2.18. The lowest BCUT2D eigenvalue weighted by Crippen LogP contribution is -2.41. The van der Waals surface area contributed by atoms with Gasteiger partial charge in [-0.15, -0.1) is 0 Å². The Morgan fingerprint density at radius 1 is 1.27 bits per heavy atom. The Kier molecular flexibility index (Phi) is 3.41. The van der Waals surface area contributed by atoms with Gasteiger partial charge < -0.3 is 16.0 Å². The minimum atomic E-state index is 0.493. The molecule has 0 saturated carbocycles. The summed E-state index contributed by atoms with van der Waals surface area (Å²) in [7, 11) is 0. The minimum absolute atomic E-state index is 0.493. The van der Waals surface area contributed by atoms with E-state index in [1.807, 2.05) is 4.90 Å². The standard InChI is InChI=1S/C10H19N5/c11-7-14-3-1-9(5-14)13-10-2-4-15(6-10)8-12/h9-10,13H,1-7,11H2. The second kappa shape index (κ2) is 4.79. The number of hydrogen-bond acceptors (Lipinski definition) is 5. The predicted molar refractivity (Wildman–Crippen MR) is 57.8 cm³/mol. The third-order valence-electron chi connectivity index (χ3n) is 3.33. The van der Waals surface area contributed by atoms with Crippen LogP contribution >= 0.6 is 0 Å². The lowest BCUT2D eigenvalue weighted by molar-refractivity contribution is 0.330. The van der Waals surface area contributed by atoms with E-state index in [2.05, 4.69) is 16.4 Å². The van der Waals surface area contributed by atoms with Crippen molar-refractivity contribution in [2.45, 2.75) is 24.9 Å². The average molecular weight is 209 g/mol. The van der Waals surface area contributed by atoms with Crippen LogP contribution in [0, 0.1) is 11.5 Å². The van der Waals surface area contributed by atoms with Crippen molar-refractivity contribution in [1.82, 2.24) is 15.1 Å². The van der Waals surface area contributed by atoms with E-state index < -0.39 is 0 Å². The minimum Gasteiger partial charge on any atom is -0.318 e. The Bertz CT molecular complexity index is 249. The molecule has 0 bridgehead atoms. The first-order chi connectivity index (χ1) is 7.31. The molecule has 2 rings (SSSR count). The van der Waals surface area contributed by atoms with Crippen LogP contribution in [0.5, 0.6) is 0 Å². The van der Waals surface area contributed by atoms with Crippen molar-refractivity contribution in [1.29, 1.82) is 5.26 Å². The van der Waals surface area contributed by atoms with Gasteiger partial charge in [-0.3, -0.25) is 4.90 Å². The van der Waals surface area contributed by atoms with Crippen molar-refractivity contribution in [2.75, 3.05) is 32.8 Å². The Morgan fingerprint density at radius 2 is 2.00 bits per heavy atom. The molecule has 0 spiro atoms. The molecule has 2 atom stereocenters. The average Bonchev–Trinajstić information content (AvgIpc) is 2.87. The van der Waals surface area contributed by atoms with Gasteiger partial charge in [0.05, 0.1) is 0 Å². The van der Waals surface area contributed by atoms with Crippen LogP contribution in [0.4, 0.5) is 0 Å². The fourth-order valence-corrected chi connectivity index (χ4v) is 2.45. The van der Waals surface area contributed by atoms with Crippen LogP contribution in [0.25, 0.3) is 0 Å². The van der Waals surface area contributed by atoms with Gasteiger partial charge in [0.1, 0.15) is 0 Å². The normalized spacial score (nSPS) is 32.1. The van der Waals surface area contributed by atoms with E-state index in [1.165, 1.54) is 6.42 Å². The van der Waals surface area contributed by atoms with E-state index in [0.717, 1.165) is 32.6 Å². The number of nitrogens with two attached hydrogens (primary N) is 1. The van der Waals surface area contributed by atoms with E-state index in [0.29, 0.717) is 18.8 Å². The molecule has 0 aliphatic carbocycles. The Balaban J connectivity index is 1.72. The summed E-state index contributed by atoms with van der Waals surface area (Å²) in [6.07, 6.45) is 4.47. The van der Waals surface area contributed by atoms with E-state index in [1.54, 1.807) is 0 Å². The molecule has 0 aromatic rings. The quantitative estimate of drug-likeness (QED) is 0.591. The summed E-state index contributed by atoms with van der Waals surface area (Å²) in [5.41, 5.74) is 5.59. The Labute approximate surface area is 90.8 Å². The fourth-order valence-electron chi connectivity index (χ4n) is 2.45. The monoisotopic (exact) mass is 209 g/mol. The molecule has 0 aromatic heterocycles. The second-order valence-corrected chi connectivity index (χ2v) is 4.44. The van der Waals surface area contributed by atoms with Gasteiger partial charge in [0.2, 0.25) is 0 Å². The van der Waals surface area contributed by atoms with Crippen LogP contribution in [0.15, 0.2) is 0 Å². The van der Waals surface area contributed by atoms with Gasteiger partial charge in [0.25, 0.3) is 0 Å². The number of hydrogen-bond donors (Lipinski definition) is 2. The van der Waals surface area contributed by atoms with Crippen molar-refractivity contribution >= 4 is 0 Å². The van der Waals surface area contributed by atoms with Crippen molar-refractivity contribution in [3.8, 4) is 6.19 Å². The number of nitrogens with zero attached hydrogens (tertiary/aromatic N) is 3. The SMILES string of the molecule is N#CN1CCC(NC2CCN(CN)C2)C1. The maximum atomic E-state index is 8.75. The lowest BCUT2D eigenvalue weighted by atomic mass is 10.2. The van der Waals surface area contributed by atoms with Crippen LogP contribution < -0.4 is 11.1 Å². The van der Waals surface area contributed by atoms with Crippen LogP contribution in [-0.4, -0.2) is 54.7 Å². The van der Waals surface area contributed by atoms with E-state index >= 15 is 0 Å². The van der Waals surface area contributed by atoms with Gasteiger partial charge in [0.15, 0.2) is 6.19 Å². The van der Waals surface area contributed by atoms with Gasteiger partial charge in [-0.1, -0.05) is 0 Å². The molecule has 5 heteroatoms.